The van der Waals surface area contributed by atoms with E-state index in [2.05, 4.69) is 36.7 Å². The monoisotopic (exact) mass is 193 g/mol. The fraction of sp³-hybridized carbons (Fsp3) is 0.273. The Morgan fingerprint density at radius 3 is 2.54 bits per heavy atom. The van der Waals surface area contributed by atoms with Gasteiger partial charge in [-0.15, -0.1) is 0 Å². The van der Waals surface area contributed by atoms with Gasteiger partial charge in [0.25, 0.3) is 0 Å². The van der Waals surface area contributed by atoms with E-state index in [-0.39, 0.29) is 0 Å². The van der Waals surface area contributed by atoms with E-state index in [1.54, 1.807) is 0 Å². The molecule has 0 amide bonds. The first kappa shape index (κ1) is 8.64. The van der Waals surface area contributed by atoms with E-state index in [9.17, 15) is 0 Å². The van der Waals surface area contributed by atoms with Crippen molar-refractivity contribution in [1.82, 2.24) is 4.57 Å². The molecule has 2 heteroatoms. The van der Waals surface area contributed by atoms with Crippen molar-refractivity contribution in [2.75, 3.05) is 0 Å². The second kappa shape index (κ2) is 3.08. The smallest absolute Gasteiger partial charge is 0.117 e. The third kappa shape index (κ3) is 1.33. The minimum absolute atomic E-state index is 0.417. The number of hydrogen-bond donors (Lipinski definition) is 0. The molecule has 0 aliphatic carbocycles. The number of halogens is 1. The molecule has 68 valence electrons. The lowest BCUT2D eigenvalue weighted by atomic mass is 10.2. The van der Waals surface area contributed by atoms with Crippen molar-refractivity contribution in [1.29, 1.82) is 0 Å². The molecule has 0 fully saturated rings. The van der Waals surface area contributed by atoms with Crippen LogP contribution in [0.1, 0.15) is 19.9 Å². The Hall–Kier alpha value is -0.950. The zero-order valence-electron chi connectivity index (χ0n) is 7.79. The van der Waals surface area contributed by atoms with Gasteiger partial charge in [-0.1, -0.05) is 35.9 Å². The van der Waals surface area contributed by atoms with Crippen LogP contribution in [-0.2, 0) is 0 Å². The van der Waals surface area contributed by atoms with Crippen LogP contribution in [0.2, 0.25) is 5.15 Å². The maximum absolute atomic E-state index is 6.22. The van der Waals surface area contributed by atoms with Crippen LogP contribution in [-0.4, -0.2) is 4.57 Å². The fourth-order valence-electron chi connectivity index (χ4n) is 1.52. The lowest BCUT2D eigenvalue weighted by molar-refractivity contribution is 0.607. The summed E-state index contributed by atoms with van der Waals surface area (Å²) in [7, 11) is 0. The molecule has 0 saturated carbocycles. The summed E-state index contributed by atoms with van der Waals surface area (Å²) in [5, 5.41) is 3.18. The molecule has 0 saturated heterocycles. The molecule has 0 aliphatic heterocycles. The van der Waals surface area contributed by atoms with Gasteiger partial charge in [-0.25, -0.2) is 0 Å². The van der Waals surface area contributed by atoms with Gasteiger partial charge in [0, 0.05) is 23.0 Å². The molecule has 1 aromatic heterocycles. The Labute approximate surface area is 82.9 Å². The topological polar surface area (TPSA) is 4.93 Å². The van der Waals surface area contributed by atoms with E-state index in [4.69, 9.17) is 11.6 Å². The molecule has 1 heterocycles. The van der Waals surface area contributed by atoms with Crippen molar-refractivity contribution in [3.8, 4) is 0 Å². The molecule has 0 aliphatic rings. The van der Waals surface area contributed by atoms with Gasteiger partial charge in [-0.05, 0) is 13.8 Å². The number of nitrogens with zero attached hydrogens (tertiary/aromatic N) is 1. The van der Waals surface area contributed by atoms with Crippen LogP contribution >= 0.6 is 11.6 Å². The molecular weight excluding hydrogens is 182 g/mol. The second-order valence-electron chi connectivity index (χ2n) is 3.51. The molecule has 0 N–H and O–H groups in total. The third-order valence-electron chi connectivity index (χ3n) is 2.24. The summed E-state index contributed by atoms with van der Waals surface area (Å²) in [5.41, 5.74) is 0. The van der Waals surface area contributed by atoms with Gasteiger partial charge in [0.15, 0.2) is 0 Å². The summed E-state index contributed by atoms with van der Waals surface area (Å²) in [4.78, 5) is 0. The van der Waals surface area contributed by atoms with Crippen LogP contribution in [0, 0.1) is 0 Å². The van der Waals surface area contributed by atoms with E-state index in [1.165, 1.54) is 5.39 Å². The Balaban J connectivity index is 2.74. The van der Waals surface area contributed by atoms with E-state index >= 15 is 0 Å². The van der Waals surface area contributed by atoms with E-state index < -0.39 is 0 Å². The highest BCUT2D eigenvalue weighted by Crippen LogP contribution is 2.28. The lowest BCUT2D eigenvalue weighted by Gasteiger charge is -2.07. The van der Waals surface area contributed by atoms with Gasteiger partial charge < -0.3 is 4.57 Å². The molecule has 0 bridgehead atoms. The van der Waals surface area contributed by atoms with Crippen molar-refractivity contribution in [2.24, 2.45) is 0 Å². The van der Waals surface area contributed by atoms with Crippen molar-refractivity contribution in [3.63, 3.8) is 0 Å². The predicted molar refractivity (Wildman–Crippen MR) is 57.3 cm³/mol. The van der Waals surface area contributed by atoms with Crippen molar-refractivity contribution in [2.45, 2.75) is 19.9 Å². The van der Waals surface area contributed by atoms with Crippen LogP contribution < -0.4 is 0 Å². The third-order valence-corrected chi connectivity index (χ3v) is 2.64. The quantitative estimate of drug-likeness (QED) is 0.648. The van der Waals surface area contributed by atoms with Gasteiger partial charge in [-0.2, -0.15) is 0 Å². The highest BCUT2D eigenvalue weighted by molar-refractivity contribution is 6.34. The molecular formula is C11H12ClN. The van der Waals surface area contributed by atoms with E-state index in [0.29, 0.717) is 6.04 Å². The number of hydrogen-bond acceptors (Lipinski definition) is 0. The Kier molecular flexibility index (Phi) is 2.04. The Morgan fingerprint density at radius 1 is 1.23 bits per heavy atom. The normalized spacial score (nSPS) is 11.4. The molecule has 0 unspecified atom stereocenters. The summed E-state index contributed by atoms with van der Waals surface area (Å²) >= 11 is 6.22. The van der Waals surface area contributed by atoms with E-state index in [1.807, 2.05) is 12.1 Å². The van der Waals surface area contributed by atoms with Crippen molar-refractivity contribution < 1.29 is 0 Å². The van der Waals surface area contributed by atoms with Crippen LogP contribution in [0.3, 0.4) is 0 Å². The summed E-state index contributed by atoms with van der Waals surface area (Å²) in [6.07, 6.45) is 2.10. The summed E-state index contributed by atoms with van der Waals surface area (Å²) < 4.78 is 2.09. The van der Waals surface area contributed by atoms with E-state index in [0.717, 1.165) is 10.5 Å². The first-order valence-corrected chi connectivity index (χ1v) is 4.83. The minimum Gasteiger partial charge on any atom is -0.335 e. The van der Waals surface area contributed by atoms with Gasteiger partial charge in [-0.3, -0.25) is 0 Å². The van der Waals surface area contributed by atoms with Gasteiger partial charge >= 0.3 is 0 Å². The van der Waals surface area contributed by atoms with Crippen molar-refractivity contribution >= 4 is 22.4 Å². The molecule has 1 aromatic carbocycles. The SMILES string of the molecule is CC(C)n1cc2ccccc2c1Cl. The number of aromatic nitrogens is 1. The Morgan fingerprint density at radius 2 is 1.92 bits per heavy atom. The number of benzene rings is 1. The molecule has 0 spiro atoms. The first-order chi connectivity index (χ1) is 6.20. The molecule has 1 nitrogen and oxygen atoms in total. The van der Waals surface area contributed by atoms with Gasteiger partial charge in [0.1, 0.15) is 5.15 Å². The molecule has 0 atom stereocenters. The second-order valence-corrected chi connectivity index (χ2v) is 3.87. The summed E-state index contributed by atoms with van der Waals surface area (Å²) in [5.74, 6) is 0. The maximum atomic E-state index is 6.22. The molecule has 2 rings (SSSR count). The number of rotatable bonds is 1. The average Bonchev–Trinajstić information content (AvgIpc) is 2.45. The maximum Gasteiger partial charge on any atom is 0.117 e. The lowest BCUT2D eigenvalue weighted by Crippen LogP contribution is -1.97. The van der Waals surface area contributed by atoms with Crippen LogP contribution in [0.5, 0.6) is 0 Å². The highest BCUT2D eigenvalue weighted by Gasteiger charge is 2.07. The zero-order valence-corrected chi connectivity index (χ0v) is 8.55. The average molecular weight is 194 g/mol. The predicted octanol–water partition coefficient (Wildman–Crippen LogP) is 3.88. The largest absolute Gasteiger partial charge is 0.335 e. The van der Waals surface area contributed by atoms with Crippen LogP contribution in [0.4, 0.5) is 0 Å². The van der Waals surface area contributed by atoms with Gasteiger partial charge in [0.05, 0.1) is 0 Å². The standard InChI is InChI=1S/C11H12ClN/c1-8(2)13-7-9-5-3-4-6-10(9)11(13)12/h3-8H,1-2H3. The van der Waals surface area contributed by atoms with Crippen LogP contribution in [0.15, 0.2) is 30.5 Å². The summed E-state index contributed by atoms with van der Waals surface area (Å²) in [6, 6.07) is 8.60. The molecule has 13 heavy (non-hydrogen) atoms. The molecule has 0 radical (unpaired) electrons. The zero-order chi connectivity index (χ0) is 9.42. The number of fused-ring (bicyclic) bond motifs is 1. The van der Waals surface area contributed by atoms with Crippen molar-refractivity contribution in [3.05, 3.63) is 35.6 Å². The first-order valence-electron chi connectivity index (χ1n) is 4.45. The summed E-state index contributed by atoms with van der Waals surface area (Å²) in [6.45, 7) is 4.26. The fourth-order valence-corrected chi connectivity index (χ4v) is 1.93. The Bertz CT molecular complexity index is 429. The highest BCUT2D eigenvalue weighted by atomic mass is 35.5. The van der Waals surface area contributed by atoms with Crippen LogP contribution in [0.25, 0.3) is 10.8 Å². The minimum atomic E-state index is 0.417. The molecule has 2 aromatic rings. The van der Waals surface area contributed by atoms with Gasteiger partial charge in [0.2, 0.25) is 0 Å².